The van der Waals surface area contributed by atoms with E-state index in [9.17, 15) is 8.78 Å². The molecule has 1 aromatic carbocycles. The number of nitrogens with two attached hydrogens (primary N) is 1. The summed E-state index contributed by atoms with van der Waals surface area (Å²) < 4.78 is 25.9. The van der Waals surface area contributed by atoms with Crippen molar-refractivity contribution in [3.05, 3.63) is 29.8 Å². The number of benzene rings is 1. The molecule has 1 nitrogen and oxygen atoms in total. The minimum atomic E-state index is -2.55. The van der Waals surface area contributed by atoms with E-state index in [2.05, 4.69) is 0 Å². The molecule has 0 aromatic heterocycles. The van der Waals surface area contributed by atoms with Crippen LogP contribution < -0.4 is 5.73 Å². The fraction of sp³-hybridized carbons (Fsp3) is 0.400. The van der Waals surface area contributed by atoms with Crippen LogP contribution in [0.15, 0.2) is 24.3 Å². The van der Waals surface area contributed by atoms with Crippen LogP contribution in [0.5, 0.6) is 0 Å². The molecule has 1 saturated carbocycles. The van der Waals surface area contributed by atoms with Crippen LogP contribution in [0.3, 0.4) is 0 Å². The van der Waals surface area contributed by atoms with Crippen molar-refractivity contribution >= 4 is 5.69 Å². The number of hydrogen-bond donors (Lipinski definition) is 1. The summed E-state index contributed by atoms with van der Waals surface area (Å²) in [4.78, 5) is 0. The van der Waals surface area contributed by atoms with Gasteiger partial charge in [0, 0.05) is 12.1 Å². The second-order valence-electron chi connectivity index (χ2n) is 3.84. The zero-order valence-corrected chi connectivity index (χ0v) is 7.35. The molecular weight excluding hydrogens is 172 g/mol. The summed E-state index contributed by atoms with van der Waals surface area (Å²) in [6.07, 6.45) is -0.0660. The molecule has 1 aliphatic rings. The van der Waals surface area contributed by atoms with Crippen molar-refractivity contribution in [2.75, 3.05) is 5.73 Å². The third-order valence-corrected chi connectivity index (χ3v) is 2.78. The average molecular weight is 183 g/mol. The third kappa shape index (κ3) is 1.10. The van der Waals surface area contributed by atoms with Crippen molar-refractivity contribution in [3.8, 4) is 0 Å². The van der Waals surface area contributed by atoms with Crippen molar-refractivity contribution in [1.29, 1.82) is 0 Å². The van der Waals surface area contributed by atoms with Gasteiger partial charge < -0.3 is 5.73 Å². The summed E-state index contributed by atoms with van der Waals surface area (Å²) in [6, 6.07) is 6.75. The molecule has 0 amide bonds. The summed E-state index contributed by atoms with van der Waals surface area (Å²) in [5.74, 6) is -2.55. The van der Waals surface area contributed by atoms with Gasteiger partial charge in [0.15, 0.2) is 0 Å². The van der Waals surface area contributed by atoms with Crippen LogP contribution in [-0.4, -0.2) is 5.92 Å². The SMILES string of the molecule is CC1(c2cccc(N)c2)CC1(F)F. The fourth-order valence-corrected chi connectivity index (χ4v) is 1.59. The molecule has 0 radical (unpaired) electrons. The Kier molecular flexibility index (Phi) is 1.45. The Hall–Kier alpha value is -1.12. The van der Waals surface area contributed by atoms with Gasteiger partial charge in [0.2, 0.25) is 0 Å². The van der Waals surface area contributed by atoms with Gasteiger partial charge in [-0.1, -0.05) is 12.1 Å². The van der Waals surface area contributed by atoms with Gasteiger partial charge in [-0.2, -0.15) is 0 Å². The number of rotatable bonds is 1. The molecular formula is C10H11F2N. The first-order chi connectivity index (χ1) is 5.96. The normalized spacial score (nSPS) is 30.1. The van der Waals surface area contributed by atoms with E-state index in [4.69, 9.17) is 5.73 Å². The maximum Gasteiger partial charge on any atom is 0.258 e. The molecule has 0 spiro atoms. The lowest BCUT2D eigenvalue weighted by molar-refractivity contribution is 0.0920. The maximum absolute atomic E-state index is 13.0. The van der Waals surface area contributed by atoms with Crippen molar-refractivity contribution in [1.82, 2.24) is 0 Å². The highest BCUT2D eigenvalue weighted by Gasteiger charge is 2.68. The molecule has 0 bridgehead atoms. The van der Waals surface area contributed by atoms with Crippen LogP contribution >= 0.6 is 0 Å². The highest BCUT2D eigenvalue weighted by molar-refractivity contribution is 5.47. The molecule has 2 rings (SSSR count). The largest absolute Gasteiger partial charge is 0.399 e. The third-order valence-electron chi connectivity index (χ3n) is 2.78. The first-order valence-corrected chi connectivity index (χ1v) is 4.20. The van der Waals surface area contributed by atoms with Crippen LogP contribution in [0.1, 0.15) is 18.9 Å². The van der Waals surface area contributed by atoms with Crippen LogP contribution in [0.4, 0.5) is 14.5 Å². The van der Waals surface area contributed by atoms with Gasteiger partial charge in [0.05, 0.1) is 5.41 Å². The van der Waals surface area contributed by atoms with Gasteiger partial charge in [-0.25, -0.2) is 8.78 Å². The maximum atomic E-state index is 13.0. The standard InChI is InChI=1S/C10H11F2N/c1-9(6-10(9,11)12)7-3-2-4-8(13)5-7/h2-5H,6,13H2,1H3. The van der Waals surface area contributed by atoms with Crippen LogP contribution in [-0.2, 0) is 5.41 Å². The van der Waals surface area contributed by atoms with E-state index in [1.54, 1.807) is 31.2 Å². The van der Waals surface area contributed by atoms with Crippen molar-refractivity contribution in [3.63, 3.8) is 0 Å². The molecule has 1 unspecified atom stereocenters. The molecule has 70 valence electrons. The highest BCUT2D eigenvalue weighted by Crippen LogP contribution is 2.61. The monoisotopic (exact) mass is 183 g/mol. The topological polar surface area (TPSA) is 26.0 Å². The van der Waals surface area contributed by atoms with Crippen molar-refractivity contribution in [2.24, 2.45) is 0 Å². The average Bonchev–Trinajstić information content (AvgIpc) is 2.53. The second kappa shape index (κ2) is 2.22. The number of alkyl halides is 2. The predicted molar refractivity (Wildman–Crippen MR) is 47.8 cm³/mol. The Morgan fingerprint density at radius 1 is 1.38 bits per heavy atom. The zero-order valence-electron chi connectivity index (χ0n) is 7.35. The summed E-state index contributed by atoms with van der Waals surface area (Å²) in [5, 5.41) is 0. The second-order valence-corrected chi connectivity index (χ2v) is 3.84. The van der Waals surface area contributed by atoms with E-state index in [0.717, 1.165) is 0 Å². The van der Waals surface area contributed by atoms with Gasteiger partial charge in [-0.15, -0.1) is 0 Å². The molecule has 1 aliphatic carbocycles. The molecule has 0 saturated heterocycles. The Morgan fingerprint density at radius 3 is 2.46 bits per heavy atom. The number of hydrogen-bond acceptors (Lipinski definition) is 1. The molecule has 13 heavy (non-hydrogen) atoms. The molecule has 1 fully saturated rings. The first kappa shape index (κ1) is 8.48. The Labute approximate surface area is 75.6 Å². The van der Waals surface area contributed by atoms with Crippen molar-refractivity contribution in [2.45, 2.75) is 24.7 Å². The quantitative estimate of drug-likeness (QED) is 0.665. The summed E-state index contributed by atoms with van der Waals surface area (Å²) in [7, 11) is 0. The van der Waals surface area contributed by atoms with E-state index in [1.165, 1.54) is 0 Å². The van der Waals surface area contributed by atoms with E-state index in [0.29, 0.717) is 11.3 Å². The molecule has 2 N–H and O–H groups in total. The number of halogens is 2. The summed E-state index contributed by atoms with van der Waals surface area (Å²) >= 11 is 0. The number of nitrogen functional groups attached to an aromatic ring is 1. The molecule has 0 aliphatic heterocycles. The van der Waals surface area contributed by atoms with Crippen LogP contribution in [0.25, 0.3) is 0 Å². The van der Waals surface area contributed by atoms with E-state index in [-0.39, 0.29) is 6.42 Å². The fourth-order valence-electron chi connectivity index (χ4n) is 1.59. The lowest BCUT2D eigenvalue weighted by Crippen LogP contribution is -2.11. The number of anilines is 1. The van der Waals surface area contributed by atoms with Gasteiger partial charge in [-0.05, 0) is 24.6 Å². The smallest absolute Gasteiger partial charge is 0.258 e. The van der Waals surface area contributed by atoms with Gasteiger partial charge >= 0.3 is 0 Å². The Balaban J connectivity index is 2.38. The van der Waals surface area contributed by atoms with E-state index in [1.807, 2.05) is 0 Å². The molecule has 0 heterocycles. The van der Waals surface area contributed by atoms with Crippen LogP contribution in [0, 0.1) is 0 Å². The predicted octanol–water partition coefficient (Wildman–Crippen LogP) is 2.57. The minimum Gasteiger partial charge on any atom is -0.399 e. The van der Waals surface area contributed by atoms with Gasteiger partial charge in [0.1, 0.15) is 0 Å². The summed E-state index contributed by atoms with van der Waals surface area (Å²) in [6.45, 7) is 1.57. The minimum absolute atomic E-state index is 0.0660. The highest BCUT2D eigenvalue weighted by atomic mass is 19.3. The van der Waals surface area contributed by atoms with E-state index >= 15 is 0 Å². The Bertz CT molecular complexity index is 349. The zero-order chi connectivity index (χ0) is 9.69. The first-order valence-electron chi connectivity index (χ1n) is 4.20. The lowest BCUT2D eigenvalue weighted by atomic mass is 9.97. The van der Waals surface area contributed by atoms with Gasteiger partial charge in [-0.3, -0.25) is 0 Å². The summed E-state index contributed by atoms with van der Waals surface area (Å²) in [5.41, 5.74) is 5.72. The lowest BCUT2D eigenvalue weighted by Gasteiger charge is -2.10. The van der Waals surface area contributed by atoms with Gasteiger partial charge in [0.25, 0.3) is 5.92 Å². The van der Waals surface area contributed by atoms with Crippen molar-refractivity contribution < 1.29 is 8.78 Å². The molecule has 1 aromatic rings. The molecule has 3 heteroatoms. The molecule has 1 atom stereocenters. The van der Waals surface area contributed by atoms with E-state index < -0.39 is 11.3 Å². The Morgan fingerprint density at radius 2 is 2.00 bits per heavy atom. The van der Waals surface area contributed by atoms with Crippen LogP contribution in [0.2, 0.25) is 0 Å².